The number of halogens is 1. The predicted molar refractivity (Wildman–Crippen MR) is 55.5 cm³/mol. The van der Waals surface area contributed by atoms with Gasteiger partial charge < -0.3 is 4.57 Å². The molecule has 2 aromatic rings. The van der Waals surface area contributed by atoms with Crippen LogP contribution in [-0.4, -0.2) is 19.1 Å². The zero-order valence-electron chi connectivity index (χ0n) is 7.64. The van der Waals surface area contributed by atoms with E-state index in [0.29, 0.717) is 5.88 Å². The van der Waals surface area contributed by atoms with Crippen molar-refractivity contribution in [3.05, 3.63) is 28.8 Å². The molecular weight excluding hydrogens is 220 g/mol. The van der Waals surface area contributed by atoms with E-state index in [1.165, 1.54) is 16.4 Å². The van der Waals surface area contributed by atoms with Gasteiger partial charge in [0.25, 0.3) is 0 Å². The van der Waals surface area contributed by atoms with Crippen LogP contribution in [-0.2, 0) is 12.4 Å². The maximum absolute atomic E-state index is 5.71. The van der Waals surface area contributed by atoms with E-state index in [9.17, 15) is 0 Å². The Morgan fingerprint density at radius 1 is 1.57 bits per heavy atom. The van der Waals surface area contributed by atoms with Crippen LogP contribution in [0.25, 0.3) is 0 Å². The Morgan fingerprint density at radius 3 is 3.07 bits per heavy atom. The van der Waals surface area contributed by atoms with Crippen molar-refractivity contribution in [2.24, 2.45) is 0 Å². The Morgan fingerprint density at radius 2 is 2.43 bits per heavy atom. The van der Waals surface area contributed by atoms with E-state index >= 15 is 0 Å². The Kier molecular flexibility index (Phi) is 2.79. The normalized spacial score (nSPS) is 10.7. The van der Waals surface area contributed by atoms with Crippen molar-refractivity contribution in [2.75, 3.05) is 0 Å². The highest BCUT2D eigenvalue weighted by Crippen LogP contribution is 2.12. The van der Waals surface area contributed by atoms with Gasteiger partial charge in [0.05, 0.1) is 18.1 Å². The lowest BCUT2D eigenvalue weighted by Gasteiger charge is -2.00. The molecule has 2 rings (SSSR count). The first-order valence-corrected chi connectivity index (χ1v) is 5.45. The molecule has 0 unspecified atom stereocenters. The van der Waals surface area contributed by atoms with Crippen LogP contribution < -0.4 is 0 Å². The van der Waals surface area contributed by atoms with Crippen LogP contribution in [0.5, 0.6) is 0 Å². The summed E-state index contributed by atoms with van der Waals surface area (Å²) in [4.78, 5) is 1.19. The minimum Gasteiger partial charge on any atom is -0.311 e. The maximum atomic E-state index is 5.71. The second-order valence-electron chi connectivity index (χ2n) is 2.94. The first-order valence-electron chi connectivity index (χ1n) is 4.14. The fourth-order valence-corrected chi connectivity index (χ4v) is 2.11. The zero-order chi connectivity index (χ0) is 9.97. The predicted octanol–water partition coefficient (Wildman–Crippen LogP) is 1.83. The third-order valence-corrected chi connectivity index (χ3v) is 2.92. The summed E-state index contributed by atoms with van der Waals surface area (Å²) in [6.45, 7) is 2.73. The average Bonchev–Trinajstić information content (AvgIpc) is 2.76. The molecule has 0 atom stereocenters. The van der Waals surface area contributed by atoms with Gasteiger partial charge >= 0.3 is 0 Å². The van der Waals surface area contributed by atoms with Gasteiger partial charge in [0.1, 0.15) is 12.2 Å². The third kappa shape index (κ3) is 1.93. The highest BCUT2D eigenvalue weighted by Gasteiger charge is 2.04. The van der Waals surface area contributed by atoms with E-state index in [4.69, 9.17) is 11.6 Å². The van der Waals surface area contributed by atoms with E-state index in [1.54, 1.807) is 6.33 Å². The number of aryl methyl sites for hydroxylation is 1. The monoisotopic (exact) mass is 228 g/mol. The molecule has 74 valence electrons. The van der Waals surface area contributed by atoms with Crippen LogP contribution in [0.3, 0.4) is 0 Å². The molecule has 2 aromatic heterocycles. The second-order valence-corrected chi connectivity index (χ2v) is 4.10. The fraction of sp³-hybridized carbons (Fsp3) is 0.375. The number of hydrogen-bond acceptors (Lipinski definition) is 4. The SMILES string of the molecule is Cc1cc(Cn2cnnc2CCl)sn1. The number of rotatable bonds is 3. The second kappa shape index (κ2) is 4.06. The van der Waals surface area contributed by atoms with Crippen molar-refractivity contribution in [3.63, 3.8) is 0 Å². The van der Waals surface area contributed by atoms with Gasteiger partial charge in [0, 0.05) is 4.88 Å². The van der Waals surface area contributed by atoms with Gasteiger partial charge in [-0.2, -0.15) is 4.37 Å². The Hall–Kier alpha value is -0.940. The van der Waals surface area contributed by atoms with Crippen molar-refractivity contribution in [1.29, 1.82) is 0 Å². The molecule has 0 aromatic carbocycles. The summed E-state index contributed by atoms with van der Waals surface area (Å²) < 4.78 is 6.14. The van der Waals surface area contributed by atoms with Crippen LogP contribution in [0.15, 0.2) is 12.4 Å². The fourth-order valence-electron chi connectivity index (χ4n) is 1.17. The van der Waals surface area contributed by atoms with Crippen LogP contribution in [0.1, 0.15) is 16.4 Å². The molecule has 0 radical (unpaired) electrons. The molecule has 0 fully saturated rings. The highest BCUT2D eigenvalue weighted by atomic mass is 35.5. The molecule has 6 heteroatoms. The molecule has 2 heterocycles. The van der Waals surface area contributed by atoms with Gasteiger partial charge in [-0.3, -0.25) is 0 Å². The van der Waals surface area contributed by atoms with Crippen LogP contribution in [0, 0.1) is 6.92 Å². The molecule has 0 amide bonds. The largest absolute Gasteiger partial charge is 0.311 e. The molecule has 0 saturated carbocycles. The van der Waals surface area contributed by atoms with E-state index in [2.05, 4.69) is 20.6 Å². The van der Waals surface area contributed by atoms with Crippen LogP contribution in [0.4, 0.5) is 0 Å². The topological polar surface area (TPSA) is 43.6 Å². The lowest BCUT2D eigenvalue weighted by molar-refractivity contribution is 0.764. The summed E-state index contributed by atoms with van der Waals surface area (Å²) in [5, 5.41) is 7.71. The quantitative estimate of drug-likeness (QED) is 0.753. The summed E-state index contributed by atoms with van der Waals surface area (Å²) in [6.07, 6.45) is 1.69. The third-order valence-electron chi connectivity index (χ3n) is 1.82. The van der Waals surface area contributed by atoms with Gasteiger partial charge in [0.15, 0.2) is 0 Å². The first-order chi connectivity index (χ1) is 6.79. The molecule has 0 aliphatic rings. The van der Waals surface area contributed by atoms with Crippen molar-refractivity contribution in [3.8, 4) is 0 Å². The number of aromatic nitrogens is 4. The Labute approximate surface area is 90.7 Å². The summed E-state index contributed by atoms with van der Waals surface area (Å²) in [5.74, 6) is 1.18. The molecule has 0 bridgehead atoms. The molecule has 0 N–H and O–H groups in total. The molecule has 0 spiro atoms. The van der Waals surface area contributed by atoms with Crippen molar-refractivity contribution >= 4 is 23.1 Å². The molecule has 0 aliphatic heterocycles. The maximum Gasteiger partial charge on any atom is 0.148 e. The number of hydrogen-bond donors (Lipinski definition) is 0. The number of alkyl halides is 1. The Balaban J connectivity index is 2.18. The van der Waals surface area contributed by atoms with E-state index < -0.39 is 0 Å². The van der Waals surface area contributed by atoms with Crippen molar-refractivity contribution in [1.82, 2.24) is 19.1 Å². The van der Waals surface area contributed by atoms with Gasteiger partial charge in [-0.1, -0.05) is 0 Å². The van der Waals surface area contributed by atoms with E-state index in [-0.39, 0.29) is 0 Å². The van der Waals surface area contributed by atoms with Gasteiger partial charge in [-0.05, 0) is 24.5 Å². The van der Waals surface area contributed by atoms with Crippen molar-refractivity contribution < 1.29 is 0 Å². The van der Waals surface area contributed by atoms with Gasteiger partial charge in [0.2, 0.25) is 0 Å². The smallest absolute Gasteiger partial charge is 0.148 e. The van der Waals surface area contributed by atoms with Crippen LogP contribution in [0.2, 0.25) is 0 Å². The molecule has 0 aliphatic carbocycles. The minimum atomic E-state index is 0.387. The van der Waals surface area contributed by atoms with Gasteiger partial charge in [-0.25, -0.2) is 0 Å². The molecular formula is C8H9ClN4S. The lowest BCUT2D eigenvalue weighted by Crippen LogP contribution is -2.00. The average molecular weight is 229 g/mol. The lowest BCUT2D eigenvalue weighted by atomic mass is 10.4. The van der Waals surface area contributed by atoms with Gasteiger partial charge in [-0.15, -0.1) is 21.8 Å². The minimum absolute atomic E-state index is 0.387. The molecule has 4 nitrogen and oxygen atoms in total. The summed E-state index contributed by atoms with van der Waals surface area (Å²) in [7, 11) is 0. The zero-order valence-corrected chi connectivity index (χ0v) is 9.22. The van der Waals surface area contributed by atoms with Crippen LogP contribution >= 0.6 is 23.1 Å². The highest BCUT2D eigenvalue weighted by molar-refractivity contribution is 7.05. The van der Waals surface area contributed by atoms with E-state index in [1.807, 2.05) is 11.5 Å². The number of nitrogens with zero attached hydrogens (tertiary/aromatic N) is 4. The summed E-state index contributed by atoms with van der Waals surface area (Å²) >= 11 is 7.21. The first kappa shape index (κ1) is 9.61. The van der Waals surface area contributed by atoms with Crippen molar-refractivity contribution in [2.45, 2.75) is 19.3 Å². The summed E-state index contributed by atoms with van der Waals surface area (Å²) in [5.41, 5.74) is 1.05. The molecule has 0 saturated heterocycles. The Bertz CT molecular complexity index is 422. The standard InChI is InChI=1S/C8H9ClN4S/c1-6-2-7(14-12-6)4-13-5-10-11-8(13)3-9/h2,5H,3-4H2,1H3. The van der Waals surface area contributed by atoms with E-state index in [0.717, 1.165) is 18.1 Å². The molecule has 14 heavy (non-hydrogen) atoms. The summed E-state index contributed by atoms with van der Waals surface area (Å²) in [6, 6.07) is 2.06.